The van der Waals surface area contributed by atoms with Crippen molar-refractivity contribution in [2.24, 2.45) is 17.6 Å². The molecule has 2 saturated heterocycles. The maximum atomic E-state index is 12.8. The molecule has 0 saturated carbocycles. The molecule has 0 radical (unpaired) electrons. The van der Waals surface area contributed by atoms with Crippen LogP contribution in [0.5, 0.6) is 0 Å². The van der Waals surface area contributed by atoms with Gasteiger partial charge in [-0.15, -0.1) is 0 Å². The number of nitrogens with two attached hydrogens (primary N) is 1. The summed E-state index contributed by atoms with van der Waals surface area (Å²) >= 11 is 0. The van der Waals surface area contributed by atoms with Crippen LogP contribution in [0.25, 0.3) is 0 Å². The molecule has 5 nitrogen and oxygen atoms in total. The lowest BCUT2D eigenvalue weighted by atomic mass is 9.89. The SMILES string of the molecule is CC(C)C1CC(C(=O)N2C[C@@H](CN)[C@H](c3ccccc3)C2)NN1. The van der Waals surface area contributed by atoms with E-state index in [9.17, 15) is 4.79 Å². The minimum Gasteiger partial charge on any atom is -0.340 e. The van der Waals surface area contributed by atoms with Gasteiger partial charge >= 0.3 is 0 Å². The summed E-state index contributed by atoms with van der Waals surface area (Å²) in [6.45, 7) is 6.51. The number of nitrogens with one attached hydrogen (secondary N) is 2. The molecule has 2 aliphatic rings. The maximum absolute atomic E-state index is 12.8. The molecule has 2 aliphatic heterocycles. The molecule has 126 valence electrons. The fraction of sp³-hybridized carbons (Fsp3) is 0.611. The average Bonchev–Trinajstić information content (AvgIpc) is 3.22. The van der Waals surface area contributed by atoms with Crippen molar-refractivity contribution in [2.75, 3.05) is 19.6 Å². The summed E-state index contributed by atoms with van der Waals surface area (Å²) in [5.74, 6) is 1.42. The minimum absolute atomic E-state index is 0.115. The van der Waals surface area contributed by atoms with Crippen molar-refractivity contribution < 1.29 is 4.79 Å². The highest BCUT2D eigenvalue weighted by atomic mass is 16.2. The summed E-state index contributed by atoms with van der Waals surface area (Å²) in [6, 6.07) is 10.7. The summed E-state index contributed by atoms with van der Waals surface area (Å²) in [4.78, 5) is 14.8. The zero-order valence-electron chi connectivity index (χ0n) is 14.0. The second kappa shape index (κ2) is 6.99. The molecular formula is C18H28N4O. The third kappa shape index (κ3) is 3.42. The van der Waals surface area contributed by atoms with E-state index >= 15 is 0 Å². The van der Waals surface area contributed by atoms with Crippen LogP contribution in [0.3, 0.4) is 0 Å². The zero-order chi connectivity index (χ0) is 16.4. The fourth-order valence-electron chi connectivity index (χ4n) is 3.77. The number of benzene rings is 1. The van der Waals surface area contributed by atoms with Gasteiger partial charge in [0.1, 0.15) is 6.04 Å². The number of hydrazine groups is 1. The molecule has 4 atom stereocenters. The van der Waals surface area contributed by atoms with Crippen LogP contribution in [-0.2, 0) is 4.79 Å². The molecule has 2 fully saturated rings. The van der Waals surface area contributed by atoms with E-state index in [0.29, 0.717) is 30.3 Å². The predicted molar refractivity (Wildman–Crippen MR) is 91.6 cm³/mol. The summed E-state index contributed by atoms with van der Waals surface area (Å²) < 4.78 is 0. The molecule has 23 heavy (non-hydrogen) atoms. The molecule has 0 spiro atoms. The Morgan fingerprint density at radius 1 is 1.26 bits per heavy atom. The lowest BCUT2D eigenvalue weighted by molar-refractivity contribution is -0.132. The van der Waals surface area contributed by atoms with Crippen LogP contribution in [0, 0.1) is 11.8 Å². The Labute approximate surface area is 138 Å². The van der Waals surface area contributed by atoms with Gasteiger partial charge in [0.2, 0.25) is 5.91 Å². The van der Waals surface area contributed by atoms with Crippen molar-refractivity contribution in [3.05, 3.63) is 35.9 Å². The monoisotopic (exact) mass is 316 g/mol. The van der Waals surface area contributed by atoms with Gasteiger partial charge in [-0.1, -0.05) is 44.2 Å². The highest BCUT2D eigenvalue weighted by Gasteiger charge is 2.39. The Morgan fingerprint density at radius 2 is 2.00 bits per heavy atom. The summed E-state index contributed by atoms with van der Waals surface area (Å²) in [5, 5.41) is 0. The minimum atomic E-state index is -0.115. The van der Waals surface area contributed by atoms with Crippen LogP contribution in [-0.4, -0.2) is 42.5 Å². The van der Waals surface area contributed by atoms with Crippen LogP contribution in [0.4, 0.5) is 0 Å². The molecule has 4 N–H and O–H groups in total. The Bertz CT molecular complexity index is 533. The third-order valence-corrected chi connectivity index (χ3v) is 5.32. The summed E-state index contributed by atoms with van der Waals surface area (Å²) in [6.07, 6.45) is 0.857. The lowest BCUT2D eigenvalue weighted by Crippen LogP contribution is -2.45. The standard InChI is InChI=1S/C18H28N4O/c1-12(2)16-8-17(21-20-16)18(23)22-10-14(9-19)15(11-22)13-6-4-3-5-7-13/h3-7,12,14-17,20-21H,8-11,19H2,1-2H3/t14-,15+,16?,17?/m1/s1. The van der Waals surface area contributed by atoms with Gasteiger partial charge in [-0.2, -0.15) is 0 Å². The highest BCUT2D eigenvalue weighted by Crippen LogP contribution is 2.32. The van der Waals surface area contributed by atoms with Crippen LogP contribution in [0.1, 0.15) is 31.7 Å². The smallest absolute Gasteiger partial charge is 0.241 e. The molecule has 1 aromatic carbocycles. The van der Waals surface area contributed by atoms with Crippen molar-refractivity contribution in [1.82, 2.24) is 15.8 Å². The van der Waals surface area contributed by atoms with E-state index in [0.717, 1.165) is 19.5 Å². The molecule has 1 amide bonds. The Morgan fingerprint density at radius 3 is 2.61 bits per heavy atom. The zero-order valence-corrected chi connectivity index (χ0v) is 14.0. The first-order valence-electron chi connectivity index (χ1n) is 8.65. The molecule has 1 aromatic rings. The van der Waals surface area contributed by atoms with E-state index in [1.165, 1.54) is 5.56 Å². The first-order chi connectivity index (χ1) is 11.1. The Kier molecular flexibility index (Phi) is 4.99. The molecule has 5 heteroatoms. The number of hydrogen-bond donors (Lipinski definition) is 3. The van der Waals surface area contributed by atoms with Crippen LogP contribution >= 0.6 is 0 Å². The second-order valence-corrected chi connectivity index (χ2v) is 7.18. The Balaban J connectivity index is 1.67. The molecular weight excluding hydrogens is 288 g/mol. The van der Waals surface area contributed by atoms with Gasteiger partial charge in [-0.25, -0.2) is 5.43 Å². The van der Waals surface area contributed by atoms with E-state index in [2.05, 4.69) is 49.0 Å². The quantitative estimate of drug-likeness (QED) is 0.777. The lowest BCUT2D eigenvalue weighted by Gasteiger charge is -2.20. The number of likely N-dealkylation sites (tertiary alicyclic amines) is 1. The summed E-state index contributed by atoms with van der Waals surface area (Å²) in [5.41, 5.74) is 13.7. The normalized spacial score (nSPS) is 31.0. The van der Waals surface area contributed by atoms with E-state index in [1.54, 1.807) is 0 Å². The number of nitrogens with zero attached hydrogens (tertiary/aromatic N) is 1. The van der Waals surface area contributed by atoms with Crippen LogP contribution < -0.4 is 16.6 Å². The average molecular weight is 316 g/mol. The second-order valence-electron chi connectivity index (χ2n) is 7.18. The number of carbonyl (C=O) groups is 1. The Hall–Kier alpha value is -1.43. The van der Waals surface area contributed by atoms with Crippen molar-refractivity contribution >= 4 is 5.91 Å². The van der Waals surface area contributed by atoms with Gasteiger partial charge in [-0.3, -0.25) is 10.2 Å². The molecule has 3 rings (SSSR count). The van der Waals surface area contributed by atoms with Crippen LogP contribution in [0.15, 0.2) is 30.3 Å². The van der Waals surface area contributed by atoms with Crippen molar-refractivity contribution in [2.45, 2.75) is 38.3 Å². The van der Waals surface area contributed by atoms with Crippen molar-refractivity contribution in [3.8, 4) is 0 Å². The van der Waals surface area contributed by atoms with Gasteiger partial charge in [0.05, 0.1) is 0 Å². The molecule has 2 unspecified atom stereocenters. The number of carbonyl (C=O) groups excluding carboxylic acids is 1. The van der Waals surface area contributed by atoms with E-state index in [4.69, 9.17) is 5.73 Å². The number of hydrogen-bond acceptors (Lipinski definition) is 4. The van der Waals surface area contributed by atoms with Gasteiger partial charge in [0.15, 0.2) is 0 Å². The van der Waals surface area contributed by atoms with Gasteiger partial charge in [-0.05, 0) is 30.4 Å². The molecule has 0 aliphatic carbocycles. The summed E-state index contributed by atoms with van der Waals surface area (Å²) in [7, 11) is 0. The third-order valence-electron chi connectivity index (χ3n) is 5.32. The molecule has 2 heterocycles. The van der Waals surface area contributed by atoms with E-state index in [-0.39, 0.29) is 11.9 Å². The predicted octanol–water partition coefficient (Wildman–Crippen LogP) is 1.08. The van der Waals surface area contributed by atoms with Gasteiger partial charge in [0.25, 0.3) is 0 Å². The highest BCUT2D eigenvalue weighted by molar-refractivity contribution is 5.82. The fourth-order valence-corrected chi connectivity index (χ4v) is 3.77. The first-order valence-corrected chi connectivity index (χ1v) is 8.65. The number of amides is 1. The van der Waals surface area contributed by atoms with Gasteiger partial charge < -0.3 is 10.6 Å². The maximum Gasteiger partial charge on any atom is 0.241 e. The van der Waals surface area contributed by atoms with Crippen molar-refractivity contribution in [3.63, 3.8) is 0 Å². The van der Waals surface area contributed by atoms with Gasteiger partial charge in [0, 0.05) is 25.0 Å². The topological polar surface area (TPSA) is 70.4 Å². The van der Waals surface area contributed by atoms with Crippen LogP contribution in [0.2, 0.25) is 0 Å². The van der Waals surface area contributed by atoms with Crippen molar-refractivity contribution in [1.29, 1.82) is 0 Å². The largest absolute Gasteiger partial charge is 0.340 e. The first kappa shape index (κ1) is 16.4. The van der Waals surface area contributed by atoms with E-state index in [1.807, 2.05) is 11.0 Å². The molecule has 0 bridgehead atoms. The molecule has 0 aromatic heterocycles. The van der Waals surface area contributed by atoms with E-state index < -0.39 is 0 Å². The number of rotatable bonds is 4.